The maximum absolute atomic E-state index is 5.92. The molecule has 4 rings (SSSR count). The van der Waals surface area contributed by atoms with E-state index in [0.717, 1.165) is 16.4 Å². The largest absolute Gasteiger partial charge is 0.494 e. The molecule has 9 heteroatoms. The molecule has 2 aromatic carbocycles. The van der Waals surface area contributed by atoms with Crippen LogP contribution in [-0.2, 0) is 9.47 Å². The number of ether oxygens (including phenoxy) is 6. The number of imidazole rings is 1. The summed E-state index contributed by atoms with van der Waals surface area (Å²) in [6, 6.07) is 7.43. The normalized spacial score (nSPS) is 11.4. The van der Waals surface area contributed by atoms with Gasteiger partial charge < -0.3 is 28.4 Å². The highest BCUT2D eigenvalue weighted by Gasteiger charge is 2.18. The van der Waals surface area contributed by atoms with Crippen LogP contribution < -0.4 is 18.9 Å². The second kappa shape index (κ2) is 9.23. The van der Waals surface area contributed by atoms with Crippen molar-refractivity contribution in [2.75, 3.05) is 54.9 Å². The highest BCUT2D eigenvalue weighted by Crippen LogP contribution is 2.37. The van der Waals surface area contributed by atoms with E-state index < -0.39 is 0 Å². The highest BCUT2D eigenvalue weighted by molar-refractivity contribution is 6.00. The first-order valence-corrected chi connectivity index (χ1v) is 9.80. The van der Waals surface area contributed by atoms with Crippen LogP contribution in [0.3, 0.4) is 0 Å². The Hall–Kier alpha value is -3.30. The molecule has 164 valence electrons. The van der Waals surface area contributed by atoms with Gasteiger partial charge in [-0.15, -0.1) is 0 Å². The number of nitrogens with zero attached hydrogens (tertiary/aromatic N) is 3. The molecule has 0 saturated heterocycles. The molecule has 9 nitrogen and oxygen atoms in total. The van der Waals surface area contributed by atoms with Crippen molar-refractivity contribution in [1.29, 1.82) is 0 Å². The Balaban J connectivity index is 1.92. The van der Waals surface area contributed by atoms with Gasteiger partial charge in [0.05, 0.1) is 33.0 Å². The molecular weight excluding hydrogens is 402 g/mol. The van der Waals surface area contributed by atoms with Crippen LogP contribution in [0.25, 0.3) is 27.6 Å². The van der Waals surface area contributed by atoms with Gasteiger partial charge in [-0.2, -0.15) is 0 Å². The summed E-state index contributed by atoms with van der Waals surface area (Å²) in [5.74, 6) is 2.51. The lowest BCUT2D eigenvalue weighted by Crippen LogP contribution is -2.08. The predicted octanol–water partition coefficient (Wildman–Crippen LogP) is 3.10. The first-order valence-electron chi connectivity index (χ1n) is 9.80. The van der Waals surface area contributed by atoms with E-state index in [-0.39, 0.29) is 0 Å². The zero-order valence-electron chi connectivity index (χ0n) is 18.0. The fourth-order valence-corrected chi connectivity index (χ4v) is 3.43. The summed E-state index contributed by atoms with van der Waals surface area (Å²) in [5, 5.41) is 0.814. The van der Waals surface area contributed by atoms with E-state index in [1.807, 2.05) is 28.7 Å². The molecule has 0 aliphatic carbocycles. The SMILES string of the molecule is COCCOc1cc2ncn3c(nc4c(OC)ccc(OC)c43)c2cc1OCCOC. The Labute approximate surface area is 179 Å². The Morgan fingerprint density at radius 3 is 2.06 bits per heavy atom. The number of hydrogen-bond acceptors (Lipinski definition) is 8. The van der Waals surface area contributed by atoms with E-state index in [0.29, 0.717) is 60.6 Å². The van der Waals surface area contributed by atoms with Crippen molar-refractivity contribution in [3.63, 3.8) is 0 Å². The molecule has 0 spiro atoms. The maximum atomic E-state index is 5.92. The first kappa shape index (κ1) is 21.0. The van der Waals surface area contributed by atoms with Crippen molar-refractivity contribution in [2.24, 2.45) is 0 Å². The van der Waals surface area contributed by atoms with Crippen LogP contribution in [0, 0.1) is 0 Å². The van der Waals surface area contributed by atoms with Gasteiger partial charge in [-0.25, -0.2) is 9.97 Å². The van der Waals surface area contributed by atoms with Gasteiger partial charge >= 0.3 is 0 Å². The van der Waals surface area contributed by atoms with Crippen molar-refractivity contribution in [2.45, 2.75) is 0 Å². The summed E-state index contributed by atoms with van der Waals surface area (Å²) in [6.07, 6.45) is 1.72. The van der Waals surface area contributed by atoms with E-state index in [2.05, 4.69) is 4.98 Å². The molecule has 0 atom stereocenters. The van der Waals surface area contributed by atoms with Crippen molar-refractivity contribution >= 4 is 27.6 Å². The van der Waals surface area contributed by atoms with Crippen LogP contribution in [-0.4, -0.2) is 69.2 Å². The molecule has 0 fully saturated rings. The molecule has 0 unspecified atom stereocenters. The minimum absolute atomic E-state index is 0.386. The standard InChI is InChI=1S/C22H25N3O6/c1-26-7-9-30-18-11-14-15(12-19(18)31-10-8-27-2)23-13-25-21-17(29-4)6-5-16(28-3)20(21)24-22(14)25/h5-6,11-13H,7-10H2,1-4H3. The van der Waals surface area contributed by atoms with Crippen LogP contribution in [0.5, 0.6) is 23.0 Å². The average molecular weight is 427 g/mol. The van der Waals surface area contributed by atoms with E-state index in [1.54, 1.807) is 34.8 Å². The van der Waals surface area contributed by atoms with Crippen LogP contribution in [0.1, 0.15) is 0 Å². The molecule has 0 radical (unpaired) electrons. The Morgan fingerprint density at radius 1 is 0.774 bits per heavy atom. The number of benzene rings is 2. The van der Waals surface area contributed by atoms with Gasteiger partial charge in [-0.1, -0.05) is 0 Å². The van der Waals surface area contributed by atoms with Gasteiger partial charge in [0, 0.05) is 25.7 Å². The molecule has 0 N–H and O–H groups in total. The van der Waals surface area contributed by atoms with Gasteiger partial charge in [0.25, 0.3) is 0 Å². The zero-order valence-corrected chi connectivity index (χ0v) is 18.0. The summed E-state index contributed by atoms with van der Waals surface area (Å²) >= 11 is 0. The average Bonchev–Trinajstić information content (AvgIpc) is 3.19. The van der Waals surface area contributed by atoms with E-state index in [9.17, 15) is 0 Å². The zero-order chi connectivity index (χ0) is 21.8. The lowest BCUT2D eigenvalue weighted by molar-refractivity contribution is 0.132. The minimum Gasteiger partial charge on any atom is -0.494 e. The van der Waals surface area contributed by atoms with Crippen molar-refractivity contribution in [3.8, 4) is 23.0 Å². The Kier molecular flexibility index (Phi) is 6.24. The minimum atomic E-state index is 0.386. The lowest BCUT2D eigenvalue weighted by atomic mass is 10.2. The van der Waals surface area contributed by atoms with Crippen molar-refractivity contribution in [3.05, 3.63) is 30.6 Å². The molecule has 31 heavy (non-hydrogen) atoms. The third-order valence-corrected chi connectivity index (χ3v) is 4.91. The Bertz CT molecular complexity index is 1210. The van der Waals surface area contributed by atoms with Gasteiger partial charge in [-0.05, 0) is 18.2 Å². The summed E-state index contributed by atoms with van der Waals surface area (Å²) in [6.45, 7) is 1.71. The second-order valence-corrected chi connectivity index (χ2v) is 6.72. The van der Waals surface area contributed by atoms with Crippen LogP contribution in [0.2, 0.25) is 0 Å². The van der Waals surface area contributed by atoms with Gasteiger partial charge in [0.2, 0.25) is 0 Å². The number of methoxy groups -OCH3 is 4. The molecule has 4 aromatic rings. The monoisotopic (exact) mass is 427 g/mol. The molecular formula is C22H25N3O6. The fourth-order valence-electron chi connectivity index (χ4n) is 3.43. The molecule has 2 heterocycles. The van der Waals surface area contributed by atoms with Crippen LogP contribution in [0.15, 0.2) is 30.6 Å². The van der Waals surface area contributed by atoms with E-state index >= 15 is 0 Å². The van der Waals surface area contributed by atoms with Crippen molar-refractivity contribution in [1.82, 2.24) is 14.4 Å². The summed E-state index contributed by atoms with van der Waals surface area (Å²) in [5.41, 5.74) is 2.92. The molecule has 0 aliphatic heterocycles. The molecule has 0 bridgehead atoms. The Morgan fingerprint density at radius 2 is 1.42 bits per heavy atom. The number of rotatable bonds is 10. The van der Waals surface area contributed by atoms with Crippen LogP contribution >= 0.6 is 0 Å². The number of fused-ring (bicyclic) bond motifs is 5. The van der Waals surface area contributed by atoms with Gasteiger partial charge in [-0.3, -0.25) is 4.40 Å². The maximum Gasteiger partial charge on any atom is 0.163 e. The summed E-state index contributed by atoms with van der Waals surface area (Å²) in [4.78, 5) is 9.47. The van der Waals surface area contributed by atoms with Gasteiger partial charge in [0.15, 0.2) is 11.5 Å². The topological polar surface area (TPSA) is 85.6 Å². The lowest BCUT2D eigenvalue weighted by Gasteiger charge is -2.14. The van der Waals surface area contributed by atoms with E-state index in [4.69, 9.17) is 33.4 Å². The quantitative estimate of drug-likeness (QED) is 0.357. The van der Waals surface area contributed by atoms with Gasteiger partial charge in [0.1, 0.15) is 47.7 Å². The third-order valence-electron chi connectivity index (χ3n) is 4.91. The van der Waals surface area contributed by atoms with Crippen molar-refractivity contribution < 1.29 is 28.4 Å². The number of hydrogen-bond donors (Lipinski definition) is 0. The van der Waals surface area contributed by atoms with Crippen LogP contribution in [0.4, 0.5) is 0 Å². The first-order chi connectivity index (χ1) is 15.2. The highest BCUT2D eigenvalue weighted by atomic mass is 16.5. The predicted molar refractivity (Wildman–Crippen MR) is 116 cm³/mol. The third kappa shape index (κ3) is 3.89. The smallest absolute Gasteiger partial charge is 0.163 e. The number of aromatic nitrogens is 3. The second-order valence-electron chi connectivity index (χ2n) is 6.72. The molecule has 0 amide bonds. The molecule has 0 aliphatic rings. The molecule has 0 saturated carbocycles. The van der Waals surface area contributed by atoms with E-state index in [1.165, 1.54) is 0 Å². The summed E-state index contributed by atoms with van der Waals surface area (Å²) < 4.78 is 34.9. The summed E-state index contributed by atoms with van der Waals surface area (Å²) in [7, 11) is 6.50. The fraction of sp³-hybridized carbons (Fsp3) is 0.364. The molecule has 2 aromatic heterocycles.